The predicted molar refractivity (Wildman–Crippen MR) is 187 cm³/mol. The molecular weight excluding hydrogens is 567 g/mol. The van der Waals surface area contributed by atoms with E-state index in [4.69, 9.17) is 0 Å². The number of thiazole rings is 1. The molecular formula is C37H43N3OS2. The minimum absolute atomic E-state index is 0.141. The van der Waals surface area contributed by atoms with Crippen LogP contribution in [0, 0.1) is 0 Å². The molecule has 0 atom stereocenters. The van der Waals surface area contributed by atoms with Crippen LogP contribution in [0.15, 0.2) is 103 Å². The molecule has 0 N–H and O–H groups in total. The lowest BCUT2D eigenvalue weighted by molar-refractivity contribution is -0.130. The smallest absolute Gasteiger partial charge is 0.227 e. The highest BCUT2D eigenvalue weighted by atomic mass is 32.2. The van der Waals surface area contributed by atoms with Gasteiger partial charge in [-0.15, -0.1) is 11.3 Å². The Bertz CT molecular complexity index is 1490. The molecule has 6 heteroatoms. The summed E-state index contributed by atoms with van der Waals surface area (Å²) in [6.07, 6.45) is 6.60. The molecule has 4 rings (SSSR count). The van der Waals surface area contributed by atoms with Crippen molar-refractivity contribution in [2.45, 2.75) is 46.6 Å². The van der Waals surface area contributed by atoms with Gasteiger partial charge in [0.1, 0.15) is 5.01 Å². The van der Waals surface area contributed by atoms with Gasteiger partial charge in [0.05, 0.1) is 24.4 Å². The topological polar surface area (TPSA) is 36.4 Å². The van der Waals surface area contributed by atoms with Crippen LogP contribution in [0.1, 0.15) is 49.7 Å². The maximum Gasteiger partial charge on any atom is 0.227 e. The summed E-state index contributed by atoms with van der Waals surface area (Å²) >= 11 is 3.42. The summed E-state index contributed by atoms with van der Waals surface area (Å²) < 4.78 is 0. The van der Waals surface area contributed by atoms with E-state index < -0.39 is 0 Å². The van der Waals surface area contributed by atoms with Gasteiger partial charge in [-0.2, -0.15) is 0 Å². The number of allylic oxidation sites excluding steroid dienone is 1. The Labute approximate surface area is 266 Å². The third-order valence-corrected chi connectivity index (χ3v) is 9.30. The zero-order chi connectivity index (χ0) is 30.6. The van der Waals surface area contributed by atoms with E-state index >= 15 is 0 Å². The number of carbonyl (C=O) groups excluding carboxylic acids is 1. The molecule has 1 heterocycles. The third-order valence-electron chi connectivity index (χ3n) is 7.16. The predicted octanol–water partition coefficient (Wildman–Crippen LogP) is 9.41. The van der Waals surface area contributed by atoms with E-state index in [1.54, 1.807) is 23.1 Å². The van der Waals surface area contributed by atoms with Gasteiger partial charge in [-0.3, -0.25) is 9.69 Å². The number of carbonyl (C=O) groups is 1. The van der Waals surface area contributed by atoms with Gasteiger partial charge in [-0.25, -0.2) is 4.98 Å². The van der Waals surface area contributed by atoms with Gasteiger partial charge < -0.3 is 4.90 Å². The molecule has 1 amide bonds. The molecule has 224 valence electrons. The molecule has 0 unspecified atom stereocenters. The molecule has 0 radical (unpaired) electrons. The zero-order valence-electron chi connectivity index (χ0n) is 25.9. The number of thioether (sulfide) groups is 1. The molecule has 0 aliphatic heterocycles. The summed E-state index contributed by atoms with van der Waals surface area (Å²) in [5, 5.41) is 1.16. The lowest BCUT2D eigenvalue weighted by Crippen LogP contribution is -2.34. The molecule has 1 aromatic heterocycles. The van der Waals surface area contributed by atoms with Crippen LogP contribution >= 0.6 is 23.1 Å². The minimum Gasteiger partial charge on any atom is -0.338 e. The van der Waals surface area contributed by atoms with Crippen molar-refractivity contribution in [2.75, 3.05) is 26.7 Å². The molecule has 43 heavy (non-hydrogen) atoms. The Balaban J connectivity index is 1.36. The maximum atomic E-state index is 13.1. The van der Waals surface area contributed by atoms with E-state index in [1.165, 1.54) is 21.6 Å². The fourth-order valence-electron chi connectivity index (χ4n) is 4.99. The van der Waals surface area contributed by atoms with Crippen molar-refractivity contribution in [3.8, 4) is 21.6 Å². The molecule has 0 aliphatic rings. The summed E-state index contributed by atoms with van der Waals surface area (Å²) in [6, 6.07) is 27.4. The normalized spacial score (nSPS) is 11.6. The Morgan fingerprint density at radius 1 is 0.907 bits per heavy atom. The number of hydrogen-bond acceptors (Lipinski definition) is 5. The zero-order valence-corrected chi connectivity index (χ0v) is 27.5. The van der Waals surface area contributed by atoms with E-state index in [0.29, 0.717) is 13.0 Å². The second-order valence-electron chi connectivity index (χ2n) is 10.8. The number of benzene rings is 3. The molecule has 0 bridgehead atoms. The van der Waals surface area contributed by atoms with Crippen LogP contribution in [0.25, 0.3) is 26.5 Å². The number of rotatable bonds is 15. The second kappa shape index (κ2) is 16.4. The van der Waals surface area contributed by atoms with Gasteiger partial charge >= 0.3 is 0 Å². The highest BCUT2D eigenvalue weighted by Gasteiger charge is 2.16. The van der Waals surface area contributed by atoms with Crippen LogP contribution in [0.5, 0.6) is 0 Å². The van der Waals surface area contributed by atoms with E-state index in [9.17, 15) is 4.79 Å². The van der Waals surface area contributed by atoms with Crippen molar-refractivity contribution in [3.05, 3.63) is 119 Å². The first kappa shape index (κ1) is 32.5. The van der Waals surface area contributed by atoms with E-state index in [1.807, 2.05) is 41.4 Å². The fraction of sp³-hybridized carbons (Fsp3) is 0.297. The molecule has 3 aromatic carbocycles. The SMILES string of the molecule is C=C(CN(CCC)C(=O)Cc1ccccc1)S/C(=C\C)c1ccc(-c2ccc(-c3cnc(CN(C)CCC)s3)cc2)cc1. The summed E-state index contributed by atoms with van der Waals surface area (Å²) in [4.78, 5) is 25.3. The van der Waals surface area contributed by atoms with E-state index in [2.05, 4.69) is 98.9 Å². The minimum atomic E-state index is 0.141. The lowest BCUT2D eigenvalue weighted by atomic mass is 10.0. The Morgan fingerprint density at radius 2 is 1.53 bits per heavy atom. The standard InChI is InChI=1S/C37H43N3OS2/c1-6-22-39(5)27-36-38-25-35(43-36)33-20-16-31(17-21-33)30-14-18-32(19-15-30)34(8-3)42-28(4)26-40(23-7-2)37(41)24-29-12-10-9-11-13-29/h8-21,25H,4,6-7,22-24,26-27H2,1-3,5H3/b34-8-. The van der Waals surface area contributed by atoms with E-state index in [-0.39, 0.29) is 5.91 Å². The second-order valence-corrected chi connectivity index (χ2v) is 13.1. The Hall–Kier alpha value is -3.45. The number of amides is 1. The average molecular weight is 610 g/mol. The molecule has 0 spiro atoms. The largest absolute Gasteiger partial charge is 0.338 e. The third kappa shape index (κ3) is 9.52. The highest BCUT2D eigenvalue weighted by Crippen LogP contribution is 2.35. The average Bonchev–Trinajstić information content (AvgIpc) is 3.48. The van der Waals surface area contributed by atoms with Crippen molar-refractivity contribution in [3.63, 3.8) is 0 Å². The van der Waals surface area contributed by atoms with Crippen molar-refractivity contribution in [1.82, 2.24) is 14.8 Å². The molecule has 4 nitrogen and oxygen atoms in total. The monoisotopic (exact) mass is 609 g/mol. The maximum absolute atomic E-state index is 13.1. The Kier molecular flexibility index (Phi) is 12.4. The van der Waals surface area contributed by atoms with Crippen LogP contribution in [-0.4, -0.2) is 47.4 Å². The van der Waals surface area contributed by atoms with Crippen molar-refractivity contribution in [2.24, 2.45) is 0 Å². The summed E-state index contributed by atoms with van der Waals surface area (Å²) in [7, 11) is 2.15. The highest BCUT2D eigenvalue weighted by molar-refractivity contribution is 8.11. The molecule has 0 aliphatic carbocycles. The summed E-state index contributed by atoms with van der Waals surface area (Å²) in [6.45, 7) is 13.9. The van der Waals surface area contributed by atoms with Crippen molar-refractivity contribution in [1.29, 1.82) is 0 Å². The van der Waals surface area contributed by atoms with Gasteiger partial charge in [0, 0.05) is 22.6 Å². The molecule has 0 saturated heterocycles. The quantitative estimate of drug-likeness (QED) is 0.135. The molecule has 0 fully saturated rings. The Morgan fingerprint density at radius 3 is 2.16 bits per heavy atom. The van der Waals surface area contributed by atoms with Gasteiger partial charge in [-0.05, 0) is 61.2 Å². The van der Waals surface area contributed by atoms with Crippen LogP contribution in [0.3, 0.4) is 0 Å². The van der Waals surface area contributed by atoms with Crippen molar-refractivity contribution >= 4 is 33.9 Å². The summed E-state index contributed by atoms with van der Waals surface area (Å²) in [5.41, 5.74) is 5.76. The number of nitrogens with zero attached hydrogens (tertiary/aromatic N) is 3. The van der Waals surface area contributed by atoms with Crippen LogP contribution in [0.2, 0.25) is 0 Å². The van der Waals surface area contributed by atoms with Crippen LogP contribution < -0.4 is 0 Å². The first-order valence-corrected chi connectivity index (χ1v) is 16.7. The number of hydrogen-bond donors (Lipinski definition) is 0. The van der Waals surface area contributed by atoms with Crippen LogP contribution in [0.4, 0.5) is 0 Å². The van der Waals surface area contributed by atoms with Gasteiger partial charge in [0.15, 0.2) is 0 Å². The fourth-order valence-corrected chi connectivity index (χ4v) is 6.90. The first-order chi connectivity index (χ1) is 20.9. The first-order valence-electron chi connectivity index (χ1n) is 15.1. The van der Waals surface area contributed by atoms with Gasteiger partial charge in [0.2, 0.25) is 5.91 Å². The molecule has 0 saturated carbocycles. The van der Waals surface area contributed by atoms with Crippen molar-refractivity contribution < 1.29 is 4.79 Å². The van der Waals surface area contributed by atoms with Gasteiger partial charge in [0.25, 0.3) is 0 Å². The molecule has 4 aromatic rings. The lowest BCUT2D eigenvalue weighted by Gasteiger charge is -2.23. The number of aromatic nitrogens is 1. The van der Waals surface area contributed by atoms with Gasteiger partial charge in [-0.1, -0.05) is 117 Å². The summed E-state index contributed by atoms with van der Waals surface area (Å²) in [5.74, 6) is 0.141. The van der Waals surface area contributed by atoms with Crippen LogP contribution in [-0.2, 0) is 17.8 Å². The van der Waals surface area contributed by atoms with E-state index in [0.717, 1.165) is 58.4 Å².